The summed E-state index contributed by atoms with van der Waals surface area (Å²) in [6, 6.07) is 9.60. The van der Waals surface area contributed by atoms with Gasteiger partial charge in [0.05, 0.1) is 11.1 Å². The molecule has 22 heavy (non-hydrogen) atoms. The molecule has 2 heterocycles. The standard InChI is InChI=1S/C16H10O4S2/c17-15(19-13-5-7-21-9-13)11-1-2-12(4-3-11)16(18)20-14-6-8-22-10-14/h1-10H. The maximum atomic E-state index is 11.9. The van der Waals surface area contributed by atoms with E-state index in [1.165, 1.54) is 22.7 Å². The fourth-order valence-corrected chi connectivity index (χ4v) is 2.80. The average molecular weight is 330 g/mol. The van der Waals surface area contributed by atoms with Gasteiger partial charge in [0, 0.05) is 10.8 Å². The molecule has 4 nitrogen and oxygen atoms in total. The Labute approximate surface area is 134 Å². The zero-order valence-electron chi connectivity index (χ0n) is 11.2. The lowest BCUT2D eigenvalue weighted by atomic mass is 10.1. The number of benzene rings is 1. The number of hydrogen-bond acceptors (Lipinski definition) is 6. The van der Waals surface area contributed by atoms with Gasteiger partial charge in [-0.3, -0.25) is 0 Å². The molecule has 3 rings (SSSR count). The van der Waals surface area contributed by atoms with Crippen LogP contribution in [0.15, 0.2) is 57.9 Å². The van der Waals surface area contributed by atoms with E-state index >= 15 is 0 Å². The minimum Gasteiger partial charge on any atom is -0.422 e. The lowest BCUT2D eigenvalue weighted by Gasteiger charge is -2.04. The molecule has 110 valence electrons. The van der Waals surface area contributed by atoms with E-state index in [4.69, 9.17) is 9.47 Å². The van der Waals surface area contributed by atoms with Gasteiger partial charge in [-0.15, -0.1) is 22.7 Å². The third-order valence-electron chi connectivity index (χ3n) is 2.77. The first-order valence-corrected chi connectivity index (χ1v) is 8.20. The zero-order valence-corrected chi connectivity index (χ0v) is 12.9. The van der Waals surface area contributed by atoms with E-state index in [1.807, 2.05) is 10.8 Å². The van der Waals surface area contributed by atoms with E-state index in [2.05, 4.69) is 0 Å². The summed E-state index contributed by atoms with van der Waals surface area (Å²) >= 11 is 2.89. The van der Waals surface area contributed by atoms with E-state index in [9.17, 15) is 9.59 Å². The Bertz CT molecular complexity index is 692. The molecule has 0 unspecified atom stereocenters. The van der Waals surface area contributed by atoms with Crippen LogP contribution < -0.4 is 9.47 Å². The van der Waals surface area contributed by atoms with E-state index < -0.39 is 11.9 Å². The molecule has 0 saturated heterocycles. The fourth-order valence-electron chi connectivity index (χ4n) is 1.69. The van der Waals surface area contributed by atoms with Gasteiger partial charge in [0.25, 0.3) is 0 Å². The molecule has 0 aliphatic carbocycles. The number of carbonyl (C=O) groups is 2. The van der Waals surface area contributed by atoms with Crippen molar-refractivity contribution in [1.29, 1.82) is 0 Å². The lowest BCUT2D eigenvalue weighted by molar-refractivity contribution is 0.0721. The van der Waals surface area contributed by atoms with Gasteiger partial charge < -0.3 is 9.47 Å². The molecule has 0 spiro atoms. The molecule has 0 bridgehead atoms. The van der Waals surface area contributed by atoms with E-state index in [0.717, 1.165) is 0 Å². The fraction of sp³-hybridized carbons (Fsp3) is 0. The third-order valence-corrected chi connectivity index (χ3v) is 4.09. The smallest absolute Gasteiger partial charge is 0.343 e. The van der Waals surface area contributed by atoms with Gasteiger partial charge in [0.1, 0.15) is 11.5 Å². The highest BCUT2D eigenvalue weighted by atomic mass is 32.1. The first-order chi connectivity index (χ1) is 10.7. The van der Waals surface area contributed by atoms with Crippen LogP contribution in [-0.2, 0) is 0 Å². The second-order valence-corrected chi connectivity index (χ2v) is 5.83. The quantitative estimate of drug-likeness (QED) is 0.671. The van der Waals surface area contributed by atoms with E-state index in [1.54, 1.807) is 47.2 Å². The number of hydrogen-bond donors (Lipinski definition) is 0. The van der Waals surface area contributed by atoms with Gasteiger partial charge in [-0.25, -0.2) is 9.59 Å². The first-order valence-electron chi connectivity index (χ1n) is 6.31. The van der Waals surface area contributed by atoms with Crippen molar-refractivity contribution in [2.24, 2.45) is 0 Å². The molecule has 3 aromatic rings. The van der Waals surface area contributed by atoms with E-state index in [-0.39, 0.29) is 0 Å². The monoisotopic (exact) mass is 330 g/mol. The van der Waals surface area contributed by atoms with Crippen molar-refractivity contribution < 1.29 is 19.1 Å². The molecular formula is C16H10O4S2. The van der Waals surface area contributed by atoms with Crippen LogP contribution in [0.3, 0.4) is 0 Å². The van der Waals surface area contributed by atoms with Crippen molar-refractivity contribution in [3.05, 3.63) is 69.0 Å². The molecule has 0 amide bonds. The van der Waals surface area contributed by atoms with Crippen LogP contribution in [0.5, 0.6) is 11.5 Å². The summed E-state index contributed by atoms with van der Waals surface area (Å²) in [6.07, 6.45) is 0. The van der Waals surface area contributed by atoms with Crippen molar-refractivity contribution in [3.63, 3.8) is 0 Å². The van der Waals surface area contributed by atoms with Crippen LogP contribution in [0, 0.1) is 0 Å². The number of carbonyl (C=O) groups excluding carboxylic acids is 2. The van der Waals surface area contributed by atoms with Gasteiger partial charge in [-0.05, 0) is 47.2 Å². The van der Waals surface area contributed by atoms with Crippen LogP contribution >= 0.6 is 22.7 Å². The highest BCUT2D eigenvalue weighted by Crippen LogP contribution is 2.18. The molecule has 0 saturated carbocycles. The summed E-state index contributed by atoms with van der Waals surface area (Å²) in [5.74, 6) is 0.0965. The van der Waals surface area contributed by atoms with Gasteiger partial charge >= 0.3 is 11.9 Å². The van der Waals surface area contributed by atoms with Crippen LogP contribution in [0.2, 0.25) is 0 Å². The molecule has 0 aliphatic rings. The summed E-state index contributed by atoms with van der Waals surface area (Å²) in [5, 5.41) is 7.13. The number of ether oxygens (including phenoxy) is 2. The minimum atomic E-state index is -0.462. The van der Waals surface area contributed by atoms with Gasteiger partial charge in [-0.1, -0.05) is 0 Å². The van der Waals surface area contributed by atoms with Gasteiger partial charge in [0.2, 0.25) is 0 Å². The largest absolute Gasteiger partial charge is 0.422 e. The summed E-state index contributed by atoms with van der Waals surface area (Å²) in [5.41, 5.74) is 0.747. The Morgan fingerprint density at radius 3 is 1.41 bits per heavy atom. The van der Waals surface area contributed by atoms with Gasteiger partial charge in [-0.2, -0.15) is 0 Å². The molecular weight excluding hydrogens is 320 g/mol. The Morgan fingerprint density at radius 1 is 0.682 bits per heavy atom. The molecule has 0 atom stereocenters. The summed E-state index contributed by atoms with van der Waals surface area (Å²) in [6.45, 7) is 0. The Morgan fingerprint density at radius 2 is 1.09 bits per heavy atom. The molecule has 0 aliphatic heterocycles. The second kappa shape index (κ2) is 6.55. The number of esters is 2. The summed E-state index contributed by atoms with van der Waals surface area (Å²) in [4.78, 5) is 23.8. The van der Waals surface area contributed by atoms with Crippen LogP contribution in [0.4, 0.5) is 0 Å². The lowest BCUT2D eigenvalue weighted by Crippen LogP contribution is -2.10. The average Bonchev–Trinajstić information content (AvgIpc) is 3.21. The zero-order chi connectivity index (χ0) is 15.4. The topological polar surface area (TPSA) is 52.6 Å². The van der Waals surface area contributed by atoms with Crippen molar-refractivity contribution in [2.45, 2.75) is 0 Å². The van der Waals surface area contributed by atoms with Crippen molar-refractivity contribution >= 4 is 34.6 Å². The minimum absolute atomic E-state index is 0.373. The maximum Gasteiger partial charge on any atom is 0.343 e. The predicted molar refractivity (Wildman–Crippen MR) is 85.0 cm³/mol. The summed E-state index contributed by atoms with van der Waals surface area (Å²) < 4.78 is 10.4. The number of rotatable bonds is 4. The normalized spacial score (nSPS) is 10.2. The summed E-state index contributed by atoms with van der Waals surface area (Å²) in [7, 11) is 0. The Balaban J connectivity index is 1.67. The molecule has 0 fully saturated rings. The Hall–Kier alpha value is -2.44. The second-order valence-electron chi connectivity index (χ2n) is 4.27. The molecule has 1 aromatic carbocycles. The predicted octanol–water partition coefficient (Wildman–Crippen LogP) is 4.25. The first kappa shape index (κ1) is 14.5. The van der Waals surface area contributed by atoms with Crippen molar-refractivity contribution in [3.8, 4) is 11.5 Å². The number of thiophene rings is 2. The molecule has 2 aromatic heterocycles. The molecule has 0 N–H and O–H groups in total. The SMILES string of the molecule is O=C(Oc1ccsc1)c1ccc(C(=O)Oc2ccsc2)cc1. The highest BCUT2D eigenvalue weighted by Gasteiger charge is 2.12. The highest BCUT2D eigenvalue weighted by molar-refractivity contribution is 7.08. The maximum absolute atomic E-state index is 11.9. The van der Waals surface area contributed by atoms with Crippen LogP contribution in [0.25, 0.3) is 0 Å². The van der Waals surface area contributed by atoms with Crippen molar-refractivity contribution in [1.82, 2.24) is 0 Å². The van der Waals surface area contributed by atoms with Crippen LogP contribution in [-0.4, -0.2) is 11.9 Å². The third kappa shape index (κ3) is 3.41. The molecule has 6 heteroatoms. The van der Waals surface area contributed by atoms with Crippen LogP contribution in [0.1, 0.15) is 20.7 Å². The van der Waals surface area contributed by atoms with Crippen molar-refractivity contribution in [2.75, 3.05) is 0 Å². The van der Waals surface area contributed by atoms with Gasteiger partial charge in [0.15, 0.2) is 0 Å². The Kier molecular flexibility index (Phi) is 4.32. The molecule has 0 radical (unpaired) electrons. The van der Waals surface area contributed by atoms with E-state index in [0.29, 0.717) is 22.6 Å².